The van der Waals surface area contributed by atoms with Crippen LogP contribution < -0.4 is 10.4 Å². The van der Waals surface area contributed by atoms with Gasteiger partial charge in [0, 0.05) is 18.5 Å². The molecule has 0 radical (unpaired) electrons. The summed E-state index contributed by atoms with van der Waals surface area (Å²) in [5.41, 5.74) is 0.584. The maximum atomic E-state index is 13.3. The molecule has 8 nitrogen and oxygen atoms in total. The van der Waals surface area contributed by atoms with Gasteiger partial charge in [-0.25, -0.2) is 13.2 Å². The van der Waals surface area contributed by atoms with Crippen LogP contribution in [0.5, 0.6) is 5.75 Å². The number of fused-ring (bicyclic) bond motifs is 1. The lowest BCUT2D eigenvalue weighted by molar-refractivity contribution is -0.0498. The quantitative estimate of drug-likeness (QED) is 0.445. The van der Waals surface area contributed by atoms with Crippen molar-refractivity contribution in [1.29, 1.82) is 0 Å². The van der Waals surface area contributed by atoms with E-state index in [1.165, 1.54) is 33.5 Å². The summed E-state index contributed by atoms with van der Waals surface area (Å²) in [4.78, 5) is 30.8. The first-order valence-electron chi connectivity index (χ1n) is 11.3. The number of carbonyl (C=O) groups excluding carboxylic acids is 1. The van der Waals surface area contributed by atoms with Crippen LogP contribution in [0.2, 0.25) is 0 Å². The molecule has 3 heterocycles. The smallest absolute Gasteiger partial charge is 0.387 e. The van der Waals surface area contributed by atoms with Crippen LogP contribution in [0, 0.1) is 5.41 Å². The first-order valence-corrected chi connectivity index (χ1v) is 13.1. The normalized spacial score (nSPS) is 17.2. The number of alkyl halides is 2. The first-order chi connectivity index (χ1) is 16.4. The first kappa shape index (κ1) is 25.0. The molecule has 0 saturated carbocycles. The number of ketones is 1. The number of benzene rings is 1. The minimum Gasteiger partial charge on any atom is -0.435 e. The molecule has 11 heteroatoms. The fraction of sp³-hybridized carbons (Fsp3) is 0.458. The molecule has 0 bridgehead atoms. The number of hydrogen-bond acceptors (Lipinski definition) is 6. The van der Waals surface area contributed by atoms with Crippen molar-refractivity contribution < 1.29 is 26.7 Å². The van der Waals surface area contributed by atoms with Gasteiger partial charge in [-0.2, -0.15) is 8.78 Å². The summed E-state index contributed by atoms with van der Waals surface area (Å²) in [6.45, 7) is 2.56. The van der Waals surface area contributed by atoms with Crippen LogP contribution >= 0.6 is 0 Å². The maximum Gasteiger partial charge on any atom is 0.387 e. The predicted molar refractivity (Wildman–Crippen MR) is 127 cm³/mol. The highest BCUT2D eigenvalue weighted by Crippen LogP contribution is 2.36. The third-order valence-corrected chi connectivity index (χ3v) is 8.14. The number of Topliss-reactive ketones (excluding diaryl/α,β-unsaturated/α-hetero) is 1. The van der Waals surface area contributed by atoms with E-state index in [1.807, 2.05) is 20.8 Å². The largest absolute Gasteiger partial charge is 0.435 e. The van der Waals surface area contributed by atoms with Crippen molar-refractivity contribution in [2.75, 3.05) is 11.5 Å². The number of carbonyl (C=O) groups is 1. The van der Waals surface area contributed by atoms with Gasteiger partial charge in [-0.3, -0.25) is 18.9 Å². The van der Waals surface area contributed by atoms with Gasteiger partial charge in [0.05, 0.1) is 34.4 Å². The van der Waals surface area contributed by atoms with Gasteiger partial charge < -0.3 is 4.74 Å². The Labute approximate surface area is 201 Å². The van der Waals surface area contributed by atoms with Gasteiger partial charge in [-0.15, -0.1) is 0 Å². The number of hydrogen-bond donors (Lipinski definition) is 0. The maximum absolute atomic E-state index is 13.3. The summed E-state index contributed by atoms with van der Waals surface area (Å²) < 4.78 is 56.3. The summed E-state index contributed by atoms with van der Waals surface area (Å²) in [6.07, 6.45) is 2.40. The minimum atomic E-state index is -3.05. The second-order valence-electron chi connectivity index (χ2n) is 9.58. The zero-order valence-electron chi connectivity index (χ0n) is 19.7. The van der Waals surface area contributed by atoms with E-state index < -0.39 is 27.6 Å². The van der Waals surface area contributed by atoms with Gasteiger partial charge in [0.25, 0.3) is 0 Å². The third-order valence-electron chi connectivity index (χ3n) is 6.48. The number of imidazole rings is 1. The Morgan fingerprint density at radius 2 is 1.86 bits per heavy atom. The van der Waals surface area contributed by atoms with E-state index in [0.717, 1.165) is 0 Å². The summed E-state index contributed by atoms with van der Waals surface area (Å²) in [6, 6.07) is 7.13. The zero-order chi connectivity index (χ0) is 25.5. The molecule has 1 saturated heterocycles. The van der Waals surface area contributed by atoms with E-state index in [2.05, 4.69) is 9.72 Å². The summed E-state index contributed by atoms with van der Waals surface area (Å²) >= 11 is 0. The Morgan fingerprint density at radius 1 is 1.17 bits per heavy atom. The van der Waals surface area contributed by atoms with Crippen LogP contribution in [-0.4, -0.2) is 46.4 Å². The van der Waals surface area contributed by atoms with Crippen molar-refractivity contribution in [2.45, 2.75) is 52.7 Å². The molecular formula is C24H27F2N3O5S. The van der Waals surface area contributed by atoms with Gasteiger partial charge >= 0.3 is 12.3 Å². The molecule has 4 rings (SSSR count). The van der Waals surface area contributed by atoms with Crippen LogP contribution in [0.3, 0.4) is 0 Å². The highest BCUT2D eigenvalue weighted by Gasteiger charge is 2.35. The summed E-state index contributed by atoms with van der Waals surface area (Å²) in [7, 11) is -3.05. The van der Waals surface area contributed by atoms with E-state index >= 15 is 0 Å². The average molecular weight is 508 g/mol. The molecule has 0 unspecified atom stereocenters. The Hall–Kier alpha value is -3.08. The molecule has 1 aromatic carbocycles. The molecule has 1 aliphatic heterocycles. The number of pyridine rings is 1. The van der Waals surface area contributed by atoms with Crippen LogP contribution in [0.4, 0.5) is 8.78 Å². The molecule has 3 aromatic rings. The molecular weight excluding hydrogens is 480 g/mol. The van der Waals surface area contributed by atoms with E-state index in [-0.39, 0.29) is 41.2 Å². The Kier molecular flexibility index (Phi) is 6.56. The van der Waals surface area contributed by atoms with Gasteiger partial charge in [-0.1, -0.05) is 13.0 Å². The lowest BCUT2D eigenvalue weighted by Gasteiger charge is -2.32. The fourth-order valence-corrected chi connectivity index (χ4v) is 6.31. The second-order valence-corrected chi connectivity index (χ2v) is 11.9. The molecule has 1 aliphatic rings. The van der Waals surface area contributed by atoms with Crippen LogP contribution in [-0.2, 0) is 9.84 Å². The van der Waals surface area contributed by atoms with E-state index in [1.54, 1.807) is 12.1 Å². The predicted octanol–water partition coefficient (Wildman–Crippen LogP) is 4.16. The van der Waals surface area contributed by atoms with Gasteiger partial charge in [0.2, 0.25) is 0 Å². The van der Waals surface area contributed by atoms with Crippen molar-refractivity contribution in [1.82, 2.24) is 14.1 Å². The van der Waals surface area contributed by atoms with Crippen molar-refractivity contribution in [3.05, 3.63) is 52.7 Å². The standard InChI is InChI=1S/C24H27F2N3O5S/c1-15(2)28-19-12-18(21(30)13-24(3)7-9-35(32,33)10-8-24)27-14-20(19)29(23(28)31)16-5-4-6-17(11-16)34-22(25)26/h4-6,11-12,14-15,22H,7-10,13H2,1-3H3. The second kappa shape index (κ2) is 9.18. The number of aromatic nitrogens is 3. The molecule has 0 aliphatic carbocycles. The topological polar surface area (TPSA) is 100 Å². The number of sulfone groups is 1. The monoisotopic (exact) mass is 507 g/mol. The molecule has 0 amide bonds. The Bertz CT molecular complexity index is 1430. The molecule has 1 fully saturated rings. The SMILES string of the molecule is CC(C)n1c(=O)n(-c2cccc(OC(F)F)c2)c2cnc(C(=O)CC3(C)CCS(=O)(=O)CC3)cc21. The lowest BCUT2D eigenvalue weighted by Crippen LogP contribution is -2.33. The number of ether oxygens (including phenoxy) is 1. The van der Waals surface area contributed by atoms with Gasteiger partial charge in [0.15, 0.2) is 5.78 Å². The highest BCUT2D eigenvalue weighted by molar-refractivity contribution is 7.91. The van der Waals surface area contributed by atoms with Crippen molar-refractivity contribution >= 4 is 26.7 Å². The summed E-state index contributed by atoms with van der Waals surface area (Å²) in [5, 5.41) is 0. The zero-order valence-corrected chi connectivity index (χ0v) is 20.5. The van der Waals surface area contributed by atoms with Crippen LogP contribution in [0.25, 0.3) is 16.7 Å². The Balaban J connectivity index is 1.74. The van der Waals surface area contributed by atoms with Crippen LogP contribution in [0.1, 0.15) is 56.6 Å². The van der Waals surface area contributed by atoms with Crippen molar-refractivity contribution in [3.8, 4) is 11.4 Å². The van der Waals surface area contributed by atoms with Gasteiger partial charge in [-0.05, 0) is 50.3 Å². The van der Waals surface area contributed by atoms with Crippen molar-refractivity contribution in [3.63, 3.8) is 0 Å². The molecule has 35 heavy (non-hydrogen) atoms. The third kappa shape index (κ3) is 5.14. The Morgan fingerprint density at radius 3 is 2.49 bits per heavy atom. The lowest BCUT2D eigenvalue weighted by atomic mass is 9.79. The molecule has 188 valence electrons. The number of rotatable bonds is 7. The van der Waals surface area contributed by atoms with E-state index in [9.17, 15) is 26.8 Å². The molecule has 0 N–H and O–H groups in total. The summed E-state index contributed by atoms with van der Waals surface area (Å²) in [5.74, 6) is -0.186. The van der Waals surface area contributed by atoms with Crippen molar-refractivity contribution in [2.24, 2.45) is 5.41 Å². The minimum absolute atomic E-state index is 0.0628. The van der Waals surface area contributed by atoms with Crippen LogP contribution in [0.15, 0.2) is 41.3 Å². The van der Waals surface area contributed by atoms with Gasteiger partial charge in [0.1, 0.15) is 21.3 Å². The number of halogens is 2. The molecule has 0 spiro atoms. The van der Waals surface area contributed by atoms with E-state index in [0.29, 0.717) is 29.6 Å². The van der Waals surface area contributed by atoms with E-state index in [4.69, 9.17) is 0 Å². The number of nitrogens with zero attached hydrogens (tertiary/aromatic N) is 3. The highest BCUT2D eigenvalue weighted by atomic mass is 32.2. The molecule has 0 atom stereocenters. The average Bonchev–Trinajstić information content (AvgIpc) is 3.07. The molecule has 2 aromatic heterocycles. The fourth-order valence-electron chi connectivity index (χ4n) is 4.50.